The lowest BCUT2D eigenvalue weighted by Gasteiger charge is -2.15. The molecule has 1 aromatic heterocycles. The van der Waals surface area contributed by atoms with Crippen LogP contribution in [0.25, 0.3) is 0 Å². The van der Waals surface area contributed by atoms with E-state index in [1.807, 2.05) is 13.0 Å². The predicted molar refractivity (Wildman–Crippen MR) is 79.6 cm³/mol. The number of alkyl halides is 2. The van der Waals surface area contributed by atoms with Gasteiger partial charge in [-0.1, -0.05) is 0 Å². The Labute approximate surface area is 126 Å². The number of hydrogen-bond acceptors (Lipinski definition) is 3. The van der Waals surface area contributed by atoms with Gasteiger partial charge in [0.05, 0.1) is 12.3 Å². The predicted octanol–water partition coefficient (Wildman–Crippen LogP) is 3.93. The highest BCUT2D eigenvalue weighted by atomic mass is 32.1. The molecular formula is C14H14F2N2O2S. The quantitative estimate of drug-likeness (QED) is 0.819. The third-order valence-corrected chi connectivity index (χ3v) is 2.87. The molecule has 7 heteroatoms. The highest BCUT2D eigenvalue weighted by Gasteiger charge is 2.09. The van der Waals surface area contributed by atoms with E-state index in [1.165, 1.54) is 12.1 Å². The van der Waals surface area contributed by atoms with Crippen LogP contribution in [-0.4, -0.2) is 11.7 Å². The number of ether oxygens (including phenoxy) is 1. The van der Waals surface area contributed by atoms with Crippen LogP contribution in [0.15, 0.2) is 47.1 Å². The van der Waals surface area contributed by atoms with Gasteiger partial charge in [0.2, 0.25) is 0 Å². The number of rotatable bonds is 5. The highest BCUT2D eigenvalue weighted by molar-refractivity contribution is 7.80. The monoisotopic (exact) mass is 312 g/mol. The highest BCUT2D eigenvalue weighted by Crippen LogP contribution is 2.18. The van der Waals surface area contributed by atoms with E-state index >= 15 is 0 Å². The molecule has 0 fully saturated rings. The minimum atomic E-state index is -2.83. The van der Waals surface area contributed by atoms with Crippen molar-refractivity contribution >= 4 is 23.0 Å². The molecule has 112 valence electrons. The number of thiocarbonyl (C=S) groups is 1. The zero-order valence-corrected chi connectivity index (χ0v) is 12.0. The van der Waals surface area contributed by atoms with E-state index in [4.69, 9.17) is 16.6 Å². The zero-order valence-electron chi connectivity index (χ0n) is 11.2. The molecule has 0 radical (unpaired) electrons. The van der Waals surface area contributed by atoms with Crippen molar-refractivity contribution in [1.82, 2.24) is 5.32 Å². The molecule has 0 saturated carbocycles. The van der Waals surface area contributed by atoms with Crippen molar-refractivity contribution in [2.24, 2.45) is 0 Å². The second-order valence-corrected chi connectivity index (χ2v) is 4.65. The Bertz CT molecular complexity index is 573. The van der Waals surface area contributed by atoms with E-state index < -0.39 is 6.61 Å². The summed E-state index contributed by atoms with van der Waals surface area (Å²) in [6.07, 6.45) is 1.59. The lowest BCUT2D eigenvalue weighted by Crippen LogP contribution is -2.30. The Morgan fingerprint density at radius 3 is 2.52 bits per heavy atom. The van der Waals surface area contributed by atoms with Crippen LogP contribution in [0.1, 0.15) is 18.7 Å². The number of anilines is 1. The molecule has 0 aliphatic heterocycles. The van der Waals surface area contributed by atoms with Gasteiger partial charge >= 0.3 is 6.61 Å². The molecule has 2 N–H and O–H groups in total. The second-order valence-electron chi connectivity index (χ2n) is 4.24. The van der Waals surface area contributed by atoms with Gasteiger partial charge < -0.3 is 19.8 Å². The molecule has 1 atom stereocenters. The zero-order chi connectivity index (χ0) is 15.2. The largest absolute Gasteiger partial charge is 0.467 e. The molecule has 2 aromatic rings. The molecule has 0 unspecified atom stereocenters. The average molecular weight is 312 g/mol. The van der Waals surface area contributed by atoms with Crippen molar-refractivity contribution in [2.45, 2.75) is 19.6 Å². The summed E-state index contributed by atoms with van der Waals surface area (Å²) >= 11 is 5.17. The average Bonchev–Trinajstić information content (AvgIpc) is 2.94. The van der Waals surface area contributed by atoms with Gasteiger partial charge in [-0.25, -0.2) is 0 Å². The number of halogens is 2. The van der Waals surface area contributed by atoms with Crippen molar-refractivity contribution < 1.29 is 17.9 Å². The van der Waals surface area contributed by atoms with Gasteiger partial charge in [0, 0.05) is 5.69 Å². The molecule has 0 saturated heterocycles. The minimum absolute atomic E-state index is 0.0820. The summed E-state index contributed by atoms with van der Waals surface area (Å²) in [6.45, 7) is -0.924. The summed E-state index contributed by atoms with van der Waals surface area (Å²) in [5, 5.41) is 6.41. The summed E-state index contributed by atoms with van der Waals surface area (Å²) in [5.74, 6) is 0.859. The molecule has 0 amide bonds. The van der Waals surface area contributed by atoms with Crippen molar-refractivity contribution in [3.05, 3.63) is 48.4 Å². The third kappa shape index (κ3) is 4.71. The van der Waals surface area contributed by atoms with Gasteiger partial charge in [-0.3, -0.25) is 0 Å². The summed E-state index contributed by atoms with van der Waals surface area (Å²) < 4.78 is 33.6. The van der Waals surface area contributed by atoms with Crippen molar-refractivity contribution in [3.8, 4) is 5.75 Å². The maximum Gasteiger partial charge on any atom is 0.387 e. The van der Waals surface area contributed by atoms with Gasteiger partial charge in [-0.05, 0) is 55.5 Å². The first kappa shape index (κ1) is 15.2. The summed E-state index contributed by atoms with van der Waals surface area (Å²) in [4.78, 5) is 0. The van der Waals surface area contributed by atoms with Crippen molar-refractivity contribution in [1.29, 1.82) is 0 Å². The molecular weight excluding hydrogens is 298 g/mol. The van der Waals surface area contributed by atoms with Gasteiger partial charge in [-0.2, -0.15) is 8.78 Å². The van der Waals surface area contributed by atoms with Gasteiger partial charge in [-0.15, -0.1) is 0 Å². The van der Waals surface area contributed by atoms with Crippen LogP contribution in [0.3, 0.4) is 0 Å². The van der Waals surface area contributed by atoms with Crippen LogP contribution in [0.2, 0.25) is 0 Å². The standard InChI is InChI=1S/C14H14F2N2O2S/c1-9(12-3-2-8-19-12)17-14(21)18-10-4-6-11(7-5-10)20-13(15)16/h2-9,13H,1H3,(H2,17,18,21)/t9-/m0/s1. The summed E-state index contributed by atoms with van der Waals surface area (Å²) in [7, 11) is 0. The normalized spacial score (nSPS) is 12.0. The van der Waals surface area contributed by atoms with Gasteiger partial charge in [0.1, 0.15) is 11.5 Å². The third-order valence-electron chi connectivity index (χ3n) is 2.65. The first-order valence-corrected chi connectivity index (χ1v) is 6.61. The lowest BCUT2D eigenvalue weighted by molar-refractivity contribution is -0.0498. The number of benzene rings is 1. The van der Waals surface area contributed by atoms with E-state index in [9.17, 15) is 8.78 Å². The number of furan rings is 1. The molecule has 0 spiro atoms. The molecule has 0 aliphatic carbocycles. The Hall–Kier alpha value is -2.15. The molecule has 4 nitrogen and oxygen atoms in total. The van der Waals surface area contributed by atoms with Crippen LogP contribution >= 0.6 is 12.2 Å². The minimum Gasteiger partial charge on any atom is -0.467 e. The van der Waals surface area contributed by atoms with Crippen molar-refractivity contribution in [3.63, 3.8) is 0 Å². The molecule has 1 heterocycles. The summed E-state index contributed by atoms with van der Waals surface area (Å²) in [6, 6.07) is 9.64. The van der Waals surface area contributed by atoms with Crippen LogP contribution in [0, 0.1) is 0 Å². The molecule has 1 aromatic carbocycles. The fourth-order valence-corrected chi connectivity index (χ4v) is 1.99. The fraction of sp³-hybridized carbons (Fsp3) is 0.214. The molecule has 21 heavy (non-hydrogen) atoms. The van der Waals surface area contributed by atoms with E-state index in [0.717, 1.165) is 5.76 Å². The van der Waals surface area contributed by atoms with Gasteiger partial charge in [0.25, 0.3) is 0 Å². The second kappa shape index (κ2) is 7.03. The Kier molecular flexibility index (Phi) is 5.10. The topological polar surface area (TPSA) is 46.4 Å². The van der Waals surface area contributed by atoms with Gasteiger partial charge in [0.15, 0.2) is 5.11 Å². The van der Waals surface area contributed by atoms with Crippen LogP contribution in [0.5, 0.6) is 5.75 Å². The smallest absolute Gasteiger partial charge is 0.387 e. The maximum absolute atomic E-state index is 12.0. The SMILES string of the molecule is C[C@H](NC(=S)Nc1ccc(OC(F)F)cc1)c1ccco1. The van der Waals surface area contributed by atoms with Crippen molar-refractivity contribution in [2.75, 3.05) is 5.32 Å². The Morgan fingerprint density at radius 2 is 1.95 bits per heavy atom. The Morgan fingerprint density at radius 1 is 1.24 bits per heavy atom. The first-order chi connectivity index (χ1) is 10.0. The number of nitrogens with one attached hydrogen (secondary N) is 2. The fourth-order valence-electron chi connectivity index (χ4n) is 1.69. The maximum atomic E-state index is 12.0. The molecule has 0 aliphatic rings. The van der Waals surface area contributed by atoms with E-state index in [-0.39, 0.29) is 11.8 Å². The summed E-state index contributed by atoms with van der Waals surface area (Å²) in [5.41, 5.74) is 0.667. The Balaban J connectivity index is 1.87. The molecule has 0 bridgehead atoms. The van der Waals surface area contributed by atoms with E-state index in [0.29, 0.717) is 10.8 Å². The van der Waals surface area contributed by atoms with E-state index in [2.05, 4.69) is 15.4 Å². The lowest BCUT2D eigenvalue weighted by atomic mass is 10.2. The van der Waals surface area contributed by atoms with Crippen LogP contribution < -0.4 is 15.4 Å². The van der Waals surface area contributed by atoms with Crippen LogP contribution in [0.4, 0.5) is 14.5 Å². The van der Waals surface area contributed by atoms with E-state index in [1.54, 1.807) is 24.5 Å². The molecule has 2 rings (SSSR count). The number of hydrogen-bond donors (Lipinski definition) is 2. The van der Waals surface area contributed by atoms with Crippen LogP contribution in [-0.2, 0) is 0 Å². The first-order valence-electron chi connectivity index (χ1n) is 6.20.